The molecular weight excluding hydrogens is 252 g/mol. The lowest BCUT2D eigenvalue weighted by Gasteiger charge is -2.15. The maximum atomic E-state index is 4.19. The van der Waals surface area contributed by atoms with Crippen molar-refractivity contribution in [1.82, 2.24) is 24.5 Å². The molecule has 6 nitrogen and oxygen atoms in total. The Balaban J connectivity index is 1.74. The van der Waals surface area contributed by atoms with Crippen molar-refractivity contribution in [3.05, 3.63) is 54.9 Å². The molecule has 1 aromatic carbocycles. The molecule has 0 amide bonds. The van der Waals surface area contributed by atoms with Crippen molar-refractivity contribution in [2.24, 2.45) is 7.05 Å². The Morgan fingerprint density at radius 2 is 1.90 bits per heavy atom. The highest BCUT2D eigenvalue weighted by Gasteiger charge is 2.09. The minimum Gasteiger partial charge on any atom is -0.377 e. The van der Waals surface area contributed by atoms with Gasteiger partial charge in [-0.15, -0.1) is 0 Å². The number of aryl methyl sites for hydroxylation is 1. The second-order valence-corrected chi connectivity index (χ2v) is 4.63. The van der Waals surface area contributed by atoms with E-state index in [0.717, 1.165) is 17.1 Å². The third kappa shape index (κ3) is 2.40. The summed E-state index contributed by atoms with van der Waals surface area (Å²) in [5.74, 6) is 0. The van der Waals surface area contributed by atoms with E-state index >= 15 is 0 Å². The zero-order valence-corrected chi connectivity index (χ0v) is 11.4. The summed E-state index contributed by atoms with van der Waals surface area (Å²) in [4.78, 5) is 3.94. The van der Waals surface area contributed by atoms with Gasteiger partial charge in [-0.2, -0.15) is 10.2 Å². The van der Waals surface area contributed by atoms with Crippen molar-refractivity contribution in [2.45, 2.75) is 13.0 Å². The fourth-order valence-corrected chi connectivity index (χ4v) is 2.18. The predicted octanol–water partition coefficient (Wildman–Crippen LogP) is 2.17. The highest BCUT2D eigenvalue weighted by Crippen LogP contribution is 2.19. The lowest BCUT2D eigenvalue weighted by atomic mass is 10.2. The number of nitrogens with zero attached hydrogens (tertiary/aromatic N) is 5. The molecule has 0 aliphatic heterocycles. The van der Waals surface area contributed by atoms with E-state index in [1.807, 2.05) is 42.1 Å². The quantitative estimate of drug-likeness (QED) is 0.787. The Morgan fingerprint density at radius 3 is 2.50 bits per heavy atom. The second-order valence-electron chi connectivity index (χ2n) is 4.63. The number of benzene rings is 1. The molecule has 102 valence electrons. The Kier molecular flexibility index (Phi) is 3.20. The molecule has 2 aromatic heterocycles. The highest BCUT2D eigenvalue weighted by atomic mass is 15.3. The number of hydrogen-bond acceptors (Lipinski definition) is 4. The number of hydrogen-bond donors (Lipinski definition) is 1. The molecule has 6 heteroatoms. The molecule has 0 saturated carbocycles. The maximum Gasteiger partial charge on any atom is 0.138 e. The van der Waals surface area contributed by atoms with Crippen LogP contribution in [-0.2, 0) is 7.05 Å². The summed E-state index contributed by atoms with van der Waals surface area (Å²) in [5, 5.41) is 11.7. The Morgan fingerprint density at radius 1 is 1.10 bits per heavy atom. The maximum absolute atomic E-state index is 4.19. The molecule has 3 aromatic rings. The summed E-state index contributed by atoms with van der Waals surface area (Å²) in [5.41, 5.74) is 3.19. The Hall–Kier alpha value is -2.63. The second kappa shape index (κ2) is 5.16. The molecule has 3 rings (SSSR count). The van der Waals surface area contributed by atoms with Crippen LogP contribution in [0.2, 0.25) is 0 Å². The van der Waals surface area contributed by atoms with Crippen LogP contribution in [0.1, 0.15) is 18.7 Å². The van der Waals surface area contributed by atoms with Gasteiger partial charge in [0.05, 0.1) is 17.4 Å². The van der Waals surface area contributed by atoms with Gasteiger partial charge >= 0.3 is 0 Å². The Bertz CT molecular complexity index is 668. The van der Waals surface area contributed by atoms with E-state index in [9.17, 15) is 0 Å². The van der Waals surface area contributed by atoms with Crippen molar-refractivity contribution in [1.29, 1.82) is 0 Å². The smallest absolute Gasteiger partial charge is 0.138 e. The normalized spacial score (nSPS) is 12.3. The van der Waals surface area contributed by atoms with Crippen molar-refractivity contribution in [3.8, 4) is 5.69 Å². The van der Waals surface area contributed by atoms with E-state index in [4.69, 9.17) is 0 Å². The van der Waals surface area contributed by atoms with Crippen LogP contribution in [-0.4, -0.2) is 24.5 Å². The number of nitrogens with one attached hydrogen (secondary N) is 1. The molecular formula is C14H16N6. The monoisotopic (exact) mass is 268 g/mol. The lowest BCUT2D eigenvalue weighted by molar-refractivity contribution is 0.676. The lowest BCUT2D eigenvalue weighted by Crippen LogP contribution is -2.11. The van der Waals surface area contributed by atoms with Gasteiger partial charge in [0.15, 0.2) is 0 Å². The third-order valence-corrected chi connectivity index (χ3v) is 3.24. The van der Waals surface area contributed by atoms with Crippen LogP contribution >= 0.6 is 0 Å². The number of anilines is 1. The molecule has 0 bridgehead atoms. The first-order chi connectivity index (χ1) is 9.74. The molecule has 0 radical (unpaired) electrons. The molecule has 2 heterocycles. The fraction of sp³-hybridized carbons (Fsp3) is 0.214. The Labute approximate surface area is 117 Å². The number of rotatable bonds is 4. The van der Waals surface area contributed by atoms with Crippen LogP contribution in [0.3, 0.4) is 0 Å². The average molecular weight is 268 g/mol. The minimum absolute atomic E-state index is 0.194. The van der Waals surface area contributed by atoms with Crippen LogP contribution < -0.4 is 5.32 Å². The van der Waals surface area contributed by atoms with Gasteiger partial charge in [0.25, 0.3) is 0 Å². The van der Waals surface area contributed by atoms with Gasteiger partial charge in [-0.25, -0.2) is 9.67 Å². The van der Waals surface area contributed by atoms with Crippen LogP contribution in [0.5, 0.6) is 0 Å². The van der Waals surface area contributed by atoms with E-state index in [1.54, 1.807) is 17.2 Å². The standard InChI is InChI=1S/C14H16N6/c1-11(14-7-8-16-19(14)2)18-12-3-5-13(6-4-12)20-10-15-9-17-20/h3-11,18H,1-2H3. The van der Waals surface area contributed by atoms with Crippen LogP contribution in [0.15, 0.2) is 49.2 Å². The topological polar surface area (TPSA) is 60.6 Å². The van der Waals surface area contributed by atoms with Crippen molar-refractivity contribution >= 4 is 5.69 Å². The van der Waals surface area contributed by atoms with Gasteiger partial charge in [-0.3, -0.25) is 4.68 Å². The largest absolute Gasteiger partial charge is 0.377 e. The van der Waals surface area contributed by atoms with E-state index < -0.39 is 0 Å². The SMILES string of the molecule is CC(Nc1ccc(-n2cncn2)cc1)c1ccnn1C. The molecule has 1 atom stereocenters. The van der Waals surface area contributed by atoms with Gasteiger partial charge in [0.2, 0.25) is 0 Å². The summed E-state index contributed by atoms with van der Waals surface area (Å²) in [7, 11) is 1.95. The molecule has 0 spiro atoms. The zero-order chi connectivity index (χ0) is 13.9. The predicted molar refractivity (Wildman–Crippen MR) is 76.6 cm³/mol. The van der Waals surface area contributed by atoms with Crippen molar-refractivity contribution in [3.63, 3.8) is 0 Å². The third-order valence-electron chi connectivity index (χ3n) is 3.24. The van der Waals surface area contributed by atoms with Gasteiger partial charge < -0.3 is 5.32 Å². The fourth-order valence-electron chi connectivity index (χ4n) is 2.18. The summed E-state index contributed by atoms with van der Waals surface area (Å²) in [6.07, 6.45) is 5.01. The first-order valence-electron chi connectivity index (χ1n) is 6.43. The highest BCUT2D eigenvalue weighted by molar-refractivity contribution is 5.49. The van der Waals surface area contributed by atoms with Crippen LogP contribution in [0.4, 0.5) is 5.69 Å². The van der Waals surface area contributed by atoms with Crippen molar-refractivity contribution < 1.29 is 0 Å². The van der Waals surface area contributed by atoms with Gasteiger partial charge in [-0.1, -0.05) is 0 Å². The molecule has 0 fully saturated rings. The minimum atomic E-state index is 0.194. The summed E-state index contributed by atoms with van der Waals surface area (Å²) in [6, 6.07) is 10.3. The molecule has 1 N–H and O–H groups in total. The van der Waals surface area contributed by atoms with Gasteiger partial charge in [-0.05, 0) is 37.3 Å². The van der Waals surface area contributed by atoms with Crippen molar-refractivity contribution in [2.75, 3.05) is 5.32 Å². The first-order valence-corrected chi connectivity index (χ1v) is 6.43. The molecule has 20 heavy (non-hydrogen) atoms. The average Bonchev–Trinajstić information content (AvgIpc) is 3.10. The summed E-state index contributed by atoms with van der Waals surface area (Å²) in [6.45, 7) is 2.11. The van der Waals surface area contributed by atoms with E-state index in [0.29, 0.717) is 0 Å². The summed E-state index contributed by atoms with van der Waals surface area (Å²) < 4.78 is 3.61. The van der Waals surface area contributed by atoms with Gasteiger partial charge in [0, 0.05) is 18.9 Å². The van der Waals surface area contributed by atoms with E-state index in [-0.39, 0.29) is 6.04 Å². The molecule has 0 aliphatic rings. The zero-order valence-electron chi connectivity index (χ0n) is 11.4. The van der Waals surface area contributed by atoms with Gasteiger partial charge in [0.1, 0.15) is 12.7 Å². The molecule has 0 aliphatic carbocycles. The van der Waals surface area contributed by atoms with E-state index in [1.165, 1.54) is 6.33 Å². The molecule has 0 saturated heterocycles. The van der Waals surface area contributed by atoms with Crippen LogP contribution in [0, 0.1) is 0 Å². The number of aromatic nitrogens is 5. The van der Waals surface area contributed by atoms with Crippen LogP contribution in [0.25, 0.3) is 5.69 Å². The van der Waals surface area contributed by atoms with E-state index in [2.05, 4.69) is 27.4 Å². The summed E-state index contributed by atoms with van der Waals surface area (Å²) >= 11 is 0. The first kappa shape index (κ1) is 12.4. The molecule has 1 unspecified atom stereocenters.